The van der Waals surface area contributed by atoms with Gasteiger partial charge in [0, 0.05) is 6.20 Å². The van der Waals surface area contributed by atoms with E-state index in [0.29, 0.717) is 29.8 Å². The molecule has 0 unspecified atom stereocenters. The summed E-state index contributed by atoms with van der Waals surface area (Å²) in [5.74, 6) is 0.351. The topological polar surface area (TPSA) is 60.9 Å². The van der Waals surface area contributed by atoms with Crippen molar-refractivity contribution >= 4 is 23.4 Å². The van der Waals surface area contributed by atoms with E-state index in [9.17, 15) is 4.79 Å². The van der Waals surface area contributed by atoms with Crippen molar-refractivity contribution in [3.8, 4) is 5.88 Å². The number of nitrogens with zero attached hydrogens (tertiary/aromatic N) is 2. The summed E-state index contributed by atoms with van der Waals surface area (Å²) < 4.78 is 17.1. The molecule has 1 aliphatic rings. The average molecular weight is 391 g/mol. The molecule has 0 bridgehead atoms. The maximum absolute atomic E-state index is 12.9. The second kappa shape index (κ2) is 8.15. The molecule has 7 heteroatoms. The highest BCUT2D eigenvalue weighted by Crippen LogP contribution is 2.35. The van der Waals surface area contributed by atoms with E-state index in [1.54, 1.807) is 6.07 Å². The molecule has 1 aliphatic heterocycles. The van der Waals surface area contributed by atoms with Crippen molar-refractivity contribution in [2.75, 3.05) is 18.1 Å². The van der Waals surface area contributed by atoms with E-state index in [-0.39, 0.29) is 12.6 Å². The molecule has 2 aromatic rings. The fourth-order valence-electron chi connectivity index (χ4n) is 2.71. The minimum atomic E-state index is -0.628. The molecular formula is C20H23ClN2O4. The largest absolute Gasteiger partial charge is 0.474 e. The van der Waals surface area contributed by atoms with Crippen LogP contribution >= 0.6 is 11.6 Å². The first-order valence-electron chi connectivity index (χ1n) is 8.76. The van der Waals surface area contributed by atoms with E-state index in [1.807, 2.05) is 51.1 Å². The van der Waals surface area contributed by atoms with Gasteiger partial charge in [0.05, 0.1) is 24.3 Å². The maximum Gasteiger partial charge on any atom is 0.415 e. The summed E-state index contributed by atoms with van der Waals surface area (Å²) in [6, 6.07) is 11.1. The van der Waals surface area contributed by atoms with Crippen molar-refractivity contribution in [3.63, 3.8) is 0 Å². The van der Waals surface area contributed by atoms with Gasteiger partial charge in [0.1, 0.15) is 17.9 Å². The molecule has 2 heterocycles. The van der Waals surface area contributed by atoms with E-state index in [4.69, 9.17) is 25.8 Å². The summed E-state index contributed by atoms with van der Waals surface area (Å²) in [6.45, 7) is 6.46. The van der Waals surface area contributed by atoms with Gasteiger partial charge in [-0.1, -0.05) is 41.9 Å². The number of rotatable bonds is 4. The SMILES string of the molecule is CC(C)(C)OC(=O)N1c2cc(Cl)cnc2OC[C@@H]1COCc1ccccc1. The Morgan fingerprint density at radius 2 is 2.07 bits per heavy atom. The lowest BCUT2D eigenvalue weighted by Crippen LogP contribution is -2.51. The fourth-order valence-corrected chi connectivity index (χ4v) is 2.87. The van der Waals surface area contributed by atoms with Gasteiger partial charge in [0.2, 0.25) is 5.88 Å². The zero-order chi connectivity index (χ0) is 19.4. The first-order chi connectivity index (χ1) is 12.8. The Kier molecular flexibility index (Phi) is 5.87. The van der Waals surface area contributed by atoms with Crippen molar-refractivity contribution in [2.24, 2.45) is 0 Å². The van der Waals surface area contributed by atoms with Crippen molar-refractivity contribution in [2.45, 2.75) is 39.0 Å². The van der Waals surface area contributed by atoms with Gasteiger partial charge in [-0.05, 0) is 32.4 Å². The molecule has 0 radical (unpaired) electrons. The third kappa shape index (κ3) is 5.11. The zero-order valence-electron chi connectivity index (χ0n) is 15.6. The second-order valence-corrected chi connectivity index (χ2v) is 7.73. The third-order valence-corrected chi connectivity index (χ3v) is 4.05. The van der Waals surface area contributed by atoms with Crippen LogP contribution < -0.4 is 9.64 Å². The third-order valence-electron chi connectivity index (χ3n) is 3.85. The first-order valence-corrected chi connectivity index (χ1v) is 9.13. The highest BCUT2D eigenvalue weighted by Gasteiger charge is 2.36. The molecule has 0 spiro atoms. The van der Waals surface area contributed by atoms with E-state index >= 15 is 0 Å². The average Bonchev–Trinajstić information content (AvgIpc) is 2.60. The van der Waals surface area contributed by atoms with Gasteiger partial charge in [-0.25, -0.2) is 9.78 Å². The Hall–Kier alpha value is -2.31. The monoisotopic (exact) mass is 390 g/mol. The predicted octanol–water partition coefficient (Wildman–Crippen LogP) is 4.45. The predicted molar refractivity (Wildman–Crippen MR) is 103 cm³/mol. The lowest BCUT2D eigenvalue weighted by atomic mass is 10.2. The molecule has 1 aromatic carbocycles. The Labute approximate surface area is 164 Å². The number of benzene rings is 1. The molecule has 0 N–H and O–H groups in total. The number of halogens is 1. The van der Waals surface area contributed by atoms with E-state index in [2.05, 4.69) is 4.98 Å². The lowest BCUT2D eigenvalue weighted by Gasteiger charge is -2.36. The first kappa shape index (κ1) is 19.5. The van der Waals surface area contributed by atoms with Crippen LogP contribution in [0.15, 0.2) is 42.6 Å². The van der Waals surface area contributed by atoms with Crippen molar-refractivity contribution in [1.82, 2.24) is 4.98 Å². The summed E-state index contributed by atoms with van der Waals surface area (Å²) in [6.07, 6.45) is 1.00. The number of hydrogen-bond acceptors (Lipinski definition) is 5. The van der Waals surface area contributed by atoms with Gasteiger partial charge in [0.25, 0.3) is 0 Å². The number of anilines is 1. The summed E-state index contributed by atoms with van der Waals surface area (Å²) >= 11 is 6.08. The number of hydrogen-bond donors (Lipinski definition) is 0. The van der Waals surface area contributed by atoms with Gasteiger partial charge in [-0.2, -0.15) is 0 Å². The van der Waals surface area contributed by atoms with Gasteiger partial charge in [0.15, 0.2) is 0 Å². The van der Waals surface area contributed by atoms with E-state index in [1.165, 1.54) is 11.1 Å². The smallest absolute Gasteiger partial charge is 0.415 e. The molecule has 1 atom stereocenters. The number of ether oxygens (including phenoxy) is 3. The van der Waals surface area contributed by atoms with Crippen LogP contribution in [0.1, 0.15) is 26.3 Å². The van der Waals surface area contributed by atoms with Gasteiger partial charge in [-0.3, -0.25) is 4.90 Å². The molecule has 1 aromatic heterocycles. The zero-order valence-corrected chi connectivity index (χ0v) is 16.4. The van der Waals surface area contributed by atoms with Crippen LogP contribution in [0.5, 0.6) is 5.88 Å². The van der Waals surface area contributed by atoms with Crippen LogP contribution in [0.4, 0.5) is 10.5 Å². The van der Waals surface area contributed by atoms with E-state index in [0.717, 1.165) is 5.56 Å². The highest BCUT2D eigenvalue weighted by molar-refractivity contribution is 6.30. The van der Waals surface area contributed by atoms with Crippen LogP contribution in [0.25, 0.3) is 0 Å². The lowest BCUT2D eigenvalue weighted by molar-refractivity contribution is 0.0449. The molecule has 6 nitrogen and oxygen atoms in total. The molecule has 0 saturated carbocycles. The molecule has 0 aliphatic carbocycles. The minimum Gasteiger partial charge on any atom is -0.474 e. The fraction of sp³-hybridized carbons (Fsp3) is 0.400. The van der Waals surface area contributed by atoms with Gasteiger partial charge >= 0.3 is 6.09 Å². The Morgan fingerprint density at radius 1 is 1.33 bits per heavy atom. The van der Waals surface area contributed by atoms with Crippen LogP contribution in [0.2, 0.25) is 5.02 Å². The standard InChI is InChI=1S/C20H23ClN2O4/c1-20(2,3)27-19(24)23-16(12-25-11-14-7-5-4-6-8-14)13-26-18-17(23)9-15(21)10-22-18/h4-10,16H,11-13H2,1-3H3/t16-/m0/s1. The molecule has 27 heavy (non-hydrogen) atoms. The van der Waals surface area contributed by atoms with Crippen LogP contribution in [-0.2, 0) is 16.1 Å². The van der Waals surface area contributed by atoms with Crippen molar-refractivity contribution in [1.29, 1.82) is 0 Å². The van der Waals surface area contributed by atoms with Gasteiger partial charge < -0.3 is 14.2 Å². The normalized spacial score (nSPS) is 16.4. The number of pyridine rings is 1. The quantitative estimate of drug-likeness (QED) is 0.771. The van der Waals surface area contributed by atoms with Crippen molar-refractivity contribution < 1.29 is 19.0 Å². The molecule has 3 rings (SSSR count). The molecule has 144 valence electrons. The Morgan fingerprint density at radius 3 is 2.78 bits per heavy atom. The Bertz CT molecular complexity index is 792. The molecule has 0 saturated heterocycles. The highest BCUT2D eigenvalue weighted by atomic mass is 35.5. The minimum absolute atomic E-state index is 0.260. The van der Waals surface area contributed by atoms with Crippen LogP contribution in [0.3, 0.4) is 0 Å². The number of aromatic nitrogens is 1. The maximum atomic E-state index is 12.9. The number of carbonyl (C=O) groups is 1. The number of fused-ring (bicyclic) bond motifs is 1. The number of carbonyl (C=O) groups excluding carboxylic acids is 1. The molecular weight excluding hydrogens is 368 g/mol. The molecule has 0 fully saturated rings. The summed E-state index contributed by atoms with van der Waals surface area (Å²) in [4.78, 5) is 18.5. The van der Waals surface area contributed by atoms with Gasteiger partial charge in [-0.15, -0.1) is 0 Å². The van der Waals surface area contributed by atoms with Crippen LogP contribution in [0, 0.1) is 0 Å². The number of amides is 1. The molecule has 1 amide bonds. The van der Waals surface area contributed by atoms with Crippen LogP contribution in [-0.4, -0.2) is 35.9 Å². The summed E-state index contributed by atoms with van der Waals surface area (Å²) in [5.41, 5.74) is 0.913. The summed E-state index contributed by atoms with van der Waals surface area (Å²) in [7, 11) is 0. The summed E-state index contributed by atoms with van der Waals surface area (Å²) in [5, 5.41) is 0.414. The van der Waals surface area contributed by atoms with E-state index < -0.39 is 11.7 Å². The second-order valence-electron chi connectivity index (χ2n) is 7.29. The van der Waals surface area contributed by atoms with Crippen molar-refractivity contribution in [3.05, 3.63) is 53.2 Å². The Balaban J connectivity index is 1.77.